The van der Waals surface area contributed by atoms with Gasteiger partial charge in [-0.2, -0.15) is 0 Å². The first-order valence-corrected chi connectivity index (χ1v) is 5.43. The summed E-state index contributed by atoms with van der Waals surface area (Å²) in [7, 11) is 0. The van der Waals surface area contributed by atoms with E-state index in [1.165, 1.54) is 0 Å². The maximum atomic E-state index is 5.39. The minimum Gasteiger partial charge on any atom is -0.379 e. The highest BCUT2D eigenvalue weighted by molar-refractivity contribution is 4.61. The zero-order chi connectivity index (χ0) is 11.2. The Labute approximate surface area is 90.4 Å². The van der Waals surface area contributed by atoms with Gasteiger partial charge in [-0.25, -0.2) is 0 Å². The van der Waals surface area contributed by atoms with Crippen LogP contribution in [0.3, 0.4) is 0 Å². The van der Waals surface area contributed by atoms with Crippen molar-refractivity contribution in [1.82, 2.24) is 4.90 Å². The molecular weight excluding hydrogens is 176 g/mol. The number of nitrogens with zero attached hydrogens (tertiary/aromatic N) is 1. The molecule has 0 aromatic rings. The van der Waals surface area contributed by atoms with Gasteiger partial charge in [-0.05, 0) is 19.5 Å². The van der Waals surface area contributed by atoms with Gasteiger partial charge in [0.05, 0.1) is 13.2 Å². The average Bonchev–Trinajstić information content (AvgIpc) is 2.33. The van der Waals surface area contributed by atoms with Crippen LogP contribution in [0, 0.1) is 0 Å². The number of hydrogen-bond donors (Lipinski definition) is 1. The van der Waals surface area contributed by atoms with Crippen LogP contribution in [0.15, 0.2) is 13.2 Å². The third kappa shape index (κ3) is 9.71. The molecule has 1 aliphatic rings. The molecule has 3 nitrogen and oxygen atoms in total. The van der Waals surface area contributed by atoms with Gasteiger partial charge < -0.3 is 10.5 Å². The zero-order valence-corrected chi connectivity index (χ0v) is 9.80. The Morgan fingerprint density at radius 3 is 2.21 bits per heavy atom. The van der Waals surface area contributed by atoms with Crippen molar-refractivity contribution in [3.63, 3.8) is 0 Å². The third-order valence-corrected chi connectivity index (χ3v) is 1.78. The first-order valence-electron chi connectivity index (χ1n) is 5.43. The fourth-order valence-corrected chi connectivity index (χ4v) is 1.14. The summed E-state index contributed by atoms with van der Waals surface area (Å²) >= 11 is 0. The number of nitrogens with two attached hydrogens (primary N) is 1. The monoisotopic (exact) mass is 204 g/mol. The van der Waals surface area contributed by atoms with E-state index in [9.17, 15) is 0 Å². The second-order valence-electron chi connectivity index (χ2n) is 2.60. The van der Waals surface area contributed by atoms with Gasteiger partial charge in [-0.3, -0.25) is 4.90 Å². The molecule has 1 saturated heterocycles. The lowest BCUT2D eigenvalue weighted by Gasteiger charge is -2.26. The summed E-state index contributed by atoms with van der Waals surface area (Å²) in [6, 6.07) is 0. The molecule has 14 heavy (non-hydrogen) atoms. The van der Waals surface area contributed by atoms with E-state index in [0.717, 1.165) is 45.8 Å². The summed E-state index contributed by atoms with van der Waals surface area (Å²) in [4.78, 5) is 2.40. The van der Waals surface area contributed by atoms with Crippen LogP contribution in [0.5, 0.6) is 0 Å². The molecule has 0 aliphatic carbocycles. The maximum Gasteiger partial charge on any atom is 0.0594 e. The van der Waals surface area contributed by atoms with E-state index in [1.807, 2.05) is 13.8 Å². The molecule has 0 saturated carbocycles. The topological polar surface area (TPSA) is 38.5 Å². The SMILES string of the molecule is C=C.CC.NCCCN1CCOCC1.[HH]. The first-order chi connectivity index (χ1) is 6.93. The number of hydrogen-bond acceptors (Lipinski definition) is 3. The van der Waals surface area contributed by atoms with E-state index in [2.05, 4.69) is 18.1 Å². The summed E-state index contributed by atoms with van der Waals surface area (Å²) in [5.41, 5.74) is 5.39. The molecule has 88 valence electrons. The van der Waals surface area contributed by atoms with Crippen LogP contribution in [0.25, 0.3) is 0 Å². The molecule has 0 bridgehead atoms. The van der Waals surface area contributed by atoms with Crippen molar-refractivity contribution >= 4 is 0 Å². The fourth-order valence-electron chi connectivity index (χ4n) is 1.14. The Balaban J connectivity index is -0.000000258. The predicted molar refractivity (Wildman–Crippen MR) is 65.6 cm³/mol. The number of morpholine rings is 1. The molecule has 0 unspecified atom stereocenters. The van der Waals surface area contributed by atoms with Gasteiger partial charge in [0.25, 0.3) is 0 Å². The molecule has 0 amide bonds. The molecular formula is C11H28N2O. The zero-order valence-electron chi connectivity index (χ0n) is 9.80. The van der Waals surface area contributed by atoms with Crippen molar-refractivity contribution in [2.75, 3.05) is 39.4 Å². The molecule has 0 aromatic carbocycles. The van der Waals surface area contributed by atoms with E-state index < -0.39 is 0 Å². The van der Waals surface area contributed by atoms with E-state index >= 15 is 0 Å². The Morgan fingerprint density at radius 2 is 1.79 bits per heavy atom. The number of ether oxygens (including phenoxy) is 1. The highest BCUT2D eigenvalue weighted by atomic mass is 16.5. The fraction of sp³-hybridized carbons (Fsp3) is 0.818. The lowest BCUT2D eigenvalue weighted by Crippen LogP contribution is -2.37. The molecule has 1 rings (SSSR count). The minimum atomic E-state index is 0. The largest absolute Gasteiger partial charge is 0.379 e. The molecule has 0 atom stereocenters. The van der Waals surface area contributed by atoms with Gasteiger partial charge in [0, 0.05) is 14.5 Å². The molecule has 0 spiro atoms. The molecule has 3 heteroatoms. The normalized spacial score (nSPS) is 15.9. The summed E-state index contributed by atoms with van der Waals surface area (Å²) in [6.07, 6.45) is 1.11. The van der Waals surface area contributed by atoms with Gasteiger partial charge in [0.1, 0.15) is 0 Å². The predicted octanol–water partition coefficient (Wildman–Crippen LogP) is 1.74. The number of rotatable bonds is 3. The second-order valence-corrected chi connectivity index (χ2v) is 2.60. The summed E-state index contributed by atoms with van der Waals surface area (Å²) in [5.74, 6) is 0. The minimum absolute atomic E-state index is 0. The van der Waals surface area contributed by atoms with Crippen LogP contribution in [0.4, 0.5) is 0 Å². The molecule has 1 aliphatic heterocycles. The van der Waals surface area contributed by atoms with Crippen molar-refractivity contribution in [3.05, 3.63) is 13.2 Å². The van der Waals surface area contributed by atoms with Crippen LogP contribution in [-0.4, -0.2) is 44.3 Å². The average molecular weight is 204 g/mol. The maximum absolute atomic E-state index is 5.39. The summed E-state index contributed by atoms with van der Waals surface area (Å²) in [5, 5.41) is 0. The standard InChI is InChI=1S/C7H16N2O.C2H6.C2H4.H2/c8-2-1-3-9-4-6-10-7-5-9;2*1-2;/h1-8H2;1-2H3;1-2H2;1H. The quantitative estimate of drug-likeness (QED) is 0.712. The van der Waals surface area contributed by atoms with Gasteiger partial charge in [0.15, 0.2) is 0 Å². The molecule has 1 fully saturated rings. The molecule has 2 N–H and O–H groups in total. The lowest BCUT2D eigenvalue weighted by molar-refractivity contribution is 0.0377. The van der Waals surface area contributed by atoms with Gasteiger partial charge in [-0.1, -0.05) is 13.8 Å². The van der Waals surface area contributed by atoms with Crippen molar-refractivity contribution in [2.45, 2.75) is 20.3 Å². The van der Waals surface area contributed by atoms with Crippen molar-refractivity contribution in [3.8, 4) is 0 Å². The van der Waals surface area contributed by atoms with E-state index in [1.54, 1.807) is 0 Å². The van der Waals surface area contributed by atoms with Gasteiger partial charge in [-0.15, -0.1) is 13.2 Å². The van der Waals surface area contributed by atoms with Crippen LogP contribution in [0.2, 0.25) is 0 Å². The Kier molecular flexibility index (Phi) is 17.3. The summed E-state index contributed by atoms with van der Waals surface area (Å²) in [6.45, 7) is 15.9. The smallest absolute Gasteiger partial charge is 0.0594 e. The Hall–Kier alpha value is -0.380. The van der Waals surface area contributed by atoms with E-state index in [4.69, 9.17) is 10.5 Å². The summed E-state index contributed by atoms with van der Waals surface area (Å²) < 4.78 is 5.21. The first kappa shape index (κ1) is 16.1. The highest BCUT2D eigenvalue weighted by Crippen LogP contribution is 1.96. The van der Waals surface area contributed by atoms with Gasteiger partial charge >= 0.3 is 0 Å². The highest BCUT2D eigenvalue weighted by Gasteiger charge is 2.07. The van der Waals surface area contributed by atoms with Crippen LogP contribution in [0.1, 0.15) is 21.7 Å². The van der Waals surface area contributed by atoms with Crippen molar-refractivity contribution in [2.24, 2.45) is 5.73 Å². The third-order valence-electron chi connectivity index (χ3n) is 1.78. The van der Waals surface area contributed by atoms with E-state index in [0.29, 0.717) is 0 Å². The molecule has 1 heterocycles. The van der Waals surface area contributed by atoms with Crippen LogP contribution in [-0.2, 0) is 4.74 Å². The molecule has 0 radical (unpaired) electrons. The lowest BCUT2D eigenvalue weighted by atomic mass is 10.3. The Bertz CT molecular complexity index is 98.6. The van der Waals surface area contributed by atoms with Crippen molar-refractivity contribution < 1.29 is 6.16 Å². The second kappa shape index (κ2) is 15.1. The van der Waals surface area contributed by atoms with E-state index in [-0.39, 0.29) is 1.43 Å². The molecule has 0 aromatic heterocycles. The van der Waals surface area contributed by atoms with Crippen LogP contribution < -0.4 is 5.73 Å². The Morgan fingerprint density at radius 1 is 1.29 bits per heavy atom. The van der Waals surface area contributed by atoms with Crippen molar-refractivity contribution in [1.29, 1.82) is 0 Å². The van der Waals surface area contributed by atoms with Gasteiger partial charge in [0.2, 0.25) is 0 Å². The van der Waals surface area contributed by atoms with Crippen LogP contribution >= 0.6 is 0 Å².